The molecule has 5 nitrogen and oxygen atoms in total. The van der Waals surface area contributed by atoms with Crippen LogP contribution < -0.4 is 15.1 Å². The summed E-state index contributed by atoms with van der Waals surface area (Å²) in [7, 11) is 0. The summed E-state index contributed by atoms with van der Waals surface area (Å²) in [6.07, 6.45) is 3.97. The van der Waals surface area contributed by atoms with Gasteiger partial charge in [-0.05, 0) is 61.6 Å². The van der Waals surface area contributed by atoms with E-state index in [1.165, 1.54) is 24.1 Å². The molecule has 0 fully saturated rings. The second kappa shape index (κ2) is 11.9. The molecule has 0 aromatic heterocycles. The highest BCUT2D eigenvalue weighted by atomic mass is 16.5. The van der Waals surface area contributed by atoms with E-state index in [9.17, 15) is 4.79 Å². The number of amides is 1. The normalized spacial score (nSPS) is 12.0. The first-order valence-corrected chi connectivity index (χ1v) is 10.5. The highest BCUT2D eigenvalue weighted by Crippen LogP contribution is 2.22. The van der Waals surface area contributed by atoms with Crippen molar-refractivity contribution in [3.8, 4) is 5.75 Å². The summed E-state index contributed by atoms with van der Waals surface area (Å²) >= 11 is 0. The van der Waals surface area contributed by atoms with Crippen molar-refractivity contribution < 1.29 is 9.53 Å². The molecule has 0 saturated carbocycles. The molecule has 0 radical (unpaired) electrons. The summed E-state index contributed by atoms with van der Waals surface area (Å²) in [5, 5.41) is 4.01. The molecule has 2 aromatic rings. The fraction of sp³-hybridized carbons (Fsp3) is 0.417. The number of nitrogens with one attached hydrogen (secondary N) is 1. The van der Waals surface area contributed by atoms with Gasteiger partial charge in [-0.25, -0.2) is 5.43 Å². The first-order chi connectivity index (χ1) is 14.1. The summed E-state index contributed by atoms with van der Waals surface area (Å²) in [6.45, 7) is 10.6. The number of hydrazone groups is 1. The minimum Gasteiger partial charge on any atom is -0.484 e. The number of nitrogens with zero attached hydrogens (tertiary/aromatic N) is 2. The number of hydrogen-bond acceptors (Lipinski definition) is 4. The molecular formula is C24H33N3O2. The molecule has 2 aromatic carbocycles. The van der Waals surface area contributed by atoms with Crippen LogP contribution in [0.2, 0.25) is 0 Å². The number of benzene rings is 2. The Morgan fingerprint density at radius 2 is 1.72 bits per heavy atom. The van der Waals surface area contributed by atoms with Crippen molar-refractivity contribution in [2.75, 3.05) is 24.6 Å². The Hall–Kier alpha value is -2.82. The largest absolute Gasteiger partial charge is 0.484 e. The van der Waals surface area contributed by atoms with Crippen LogP contribution in [0.4, 0.5) is 5.69 Å². The topological polar surface area (TPSA) is 53.9 Å². The minimum atomic E-state index is -0.288. The van der Waals surface area contributed by atoms with Gasteiger partial charge in [0.15, 0.2) is 6.61 Å². The third-order valence-electron chi connectivity index (χ3n) is 4.97. The number of hydrogen-bond donors (Lipinski definition) is 1. The van der Waals surface area contributed by atoms with Gasteiger partial charge in [-0.15, -0.1) is 0 Å². The smallest absolute Gasteiger partial charge is 0.277 e. The van der Waals surface area contributed by atoms with E-state index in [1.54, 1.807) is 6.21 Å². The third kappa shape index (κ3) is 7.26. The van der Waals surface area contributed by atoms with Crippen LogP contribution in [0.15, 0.2) is 53.6 Å². The Kier molecular flexibility index (Phi) is 9.22. The van der Waals surface area contributed by atoms with E-state index in [1.807, 2.05) is 24.3 Å². The van der Waals surface area contributed by atoms with Gasteiger partial charge in [0.2, 0.25) is 0 Å². The standard InChI is InChI=1S/C24H33N3O2/c1-5-8-19(4)21-11-15-23(16-12-21)29-18-24(28)26-25-17-20-9-13-22(14-10-20)27(6-2)7-3/h9-17,19H,5-8,18H2,1-4H3,(H,26,28)/b25-17-/t19-/m0/s1. The van der Waals surface area contributed by atoms with Gasteiger partial charge >= 0.3 is 0 Å². The van der Waals surface area contributed by atoms with Crippen molar-refractivity contribution in [3.05, 3.63) is 59.7 Å². The van der Waals surface area contributed by atoms with E-state index in [0.717, 1.165) is 18.7 Å². The Balaban J connectivity index is 1.78. The van der Waals surface area contributed by atoms with Crippen molar-refractivity contribution >= 4 is 17.8 Å². The predicted octanol–water partition coefficient (Wildman–Crippen LogP) is 4.97. The monoisotopic (exact) mass is 395 g/mol. The van der Waals surface area contributed by atoms with E-state index in [-0.39, 0.29) is 12.5 Å². The first kappa shape index (κ1) is 22.5. The molecule has 0 heterocycles. The maximum absolute atomic E-state index is 11.9. The molecular weight excluding hydrogens is 362 g/mol. The zero-order chi connectivity index (χ0) is 21.1. The summed E-state index contributed by atoms with van der Waals surface area (Å²) in [5.41, 5.74) is 5.90. The van der Waals surface area contributed by atoms with Gasteiger partial charge < -0.3 is 9.64 Å². The second-order valence-corrected chi connectivity index (χ2v) is 7.10. The molecule has 0 unspecified atom stereocenters. The van der Waals surface area contributed by atoms with Crippen LogP contribution in [0.25, 0.3) is 0 Å². The Morgan fingerprint density at radius 1 is 1.07 bits per heavy atom. The van der Waals surface area contributed by atoms with Crippen molar-refractivity contribution in [2.45, 2.75) is 46.5 Å². The van der Waals surface area contributed by atoms with Crippen molar-refractivity contribution in [3.63, 3.8) is 0 Å². The molecule has 0 spiro atoms. The second-order valence-electron chi connectivity index (χ2n) is 7.10. The van der Waals surface area contributed by atoms with Gasteiger partial charge in [0.05, 0.1) is 6.21 Å². The van der Waals surface area contributed by atoms with E-state index in [4.69, 9.17) is 4.74 Å². The average Bonchev–Trinajstić information content (AvgIpc) is 2.75. The van der Waals surface area contributed by atoms with Gasteiger partial charge in [0.1, 0.15) is 5.75 Å². The molecule has 0 bridgehead atoms. The van der Waals surface area contributed by atoms with Crippen LogP contribution in [0, 0.1) is 0 Å². The molecule has 0 aliphatic rings. The minimum absolute atomic E-state index is 0.0674. The van der Waals surface area contributed by atoms with E-state index in [2.05, 4.69) is 67.4 Å². The number of rotatable bonds is 11. The summed E-state index contributed by atoms with van der Waals surface area (Å²) in [4.78, 5) is 14.2. The number of ether oxygens (including phenoxy) is 1. The zero-order valence-electron chi connectivity index (χ0n) is 18.0. The third-order valence-corrected chi connectivity index (χ3v) is 4.97. The van der Waals surface area contributed by atoms with Crippen LogP contribution in [0.5, 0.6) is 5.75 Å². The molecule has 1 atom stereocenters. The fourth-order valence-electron chi connectivity index (χ4n) is 3.21. The maximum Gasteiger partial charge on any atom is 0.277 e. The number of carbonyl (C=O) groups excluding carboxylic acids is 1. The molecule has 0 saturated heterocycles. The lowest BCUT2D eigenvalue weighted by Crippen LogP contribution is -2.24. The van der Waals surface area contributed by atoms with Gasteiger partial charge in [-0.3, -0.25) is 4.79 Å². The Labute approximate surface area is 174 Å². The van der Waals surface area contributed by atoms with E-state index in [0.29, 0.717) is 11.7 Å². The van der Waals surface area contributed by atoms with Gasteiger partial charge in [0.25, 0.3) is 5.91 Å². The van der Waals surface area contributed by atoms with Crippen LogP contribution in [0.1, 0.15) is 57.6 Å². The van der Waals surface area contributed by atoms with E-state index < -0.39 is 0 Å². The Bertz CT molecular complexity index is 766. The molecule has 0 aliphatic carbocycles. The number of anilines is 1. The number of carbonyl (C=O) groups is 1. The lowest BCUT2D eigenvalue weighted by Gasteiger charge is -2.20. The average molecular weight is 396 g/mol. The van der Waals surface area contributed by atoms with Crippen LogP contribution >= 0.6 is 0 Å². The summed E-state index contributed by atoms with van der Waals surface area (Å²) in [6, 6.07) is 16.0. The fourth-order valence-corrected chi connectivity index (χ4v) is 3.21. The van der Waals surface area contributed by atoms with Gasteiger partial charge in [-0.1, -0.05) is 44.5 Å². The summed E-state index contributed by atoms with van der Waals surface area (Å²) in [5.74, 6) is 0.931. The molecule has 156 valence electrons. The van der Waals surface area contributed by atoms with Crippen molar-refractivity contribution in [1.82, 2.24) is 5.43 Å². The molecule has 2 rings (SSSR count). The predicted molar refractivity (Wildman–Crippen MR) is 121 cm³/mol. The first-order valence-electron chi connectivity index (χ1n) is 10.5. The molecule has 1 N–H and O–H groups in total. The highest BCUT2D eigenvalue weighted by Gasteiger charge is 2.06. The molecule has 5 heteroatoms. The summed E-state index contributed by atoms with van der Waals surface area (Å²) < 4.78 is 5.54. The van der Waals surface area contributed by atoms with Gasteiger partial charge in [-0.2, -0.15) is 5.10 Å². The lowest BCUT2D eigenvalue weighted by atomic mass is 9.97. The maximum atomic E-state index is 11.9. The highest BCUT2D eigenvalue weighted by molar-refractivity contribution is 5.83. The molecule has 1 amide bonds. The zero-order valence-corrected chi connectivity index (χ0v) is 18.0. The molecule has 29 heavy (non-hydrogen) atoms. The lowest BCUT2D eigenvalue weighted by molar-refractivity contribution is -0.123. The SMILES string of the molecule is CCC[C@H](C)c1ccc(OCC(=O)N/N=C\c2ccc(N(CC)CC)cc2)cc1. The van der Waals surface area contributed by atoms with Crippen LogP contribution in [-0.4, -0.2) is 31.8 Å². The Morgan fingerprint density at radius 3 is 2.31 bits per heavy atom. The van der Waals surface area contributed by atoms with Crippen LogP contribution in [0.3, 0.4) is 0 Å². The van der Waals surface area contributed by atoms with Crippen molar-refractivity contribution in [2.24, 2.45) is 5.10 Å². The molecule has 0 aliphatic heterocycles. The van der Waals surface area contributed by atoms with Crippen LogP contribution in [-0.2, 0) is 4.79 Å². The van der Waals surface area contributed by atoms with Gasteiger partial charge in [0, 0.05) is 18.8 Å². The van der Waals surface area contributed by atoms with Crippen molar-refractivity contribution in [1.29, 1.82) is 0 Å². The quantitative estimate of drug-likeness (QED) is 0.432. The van der Waals surface area contributed by atoms with E-state index >= 15 is 0 Å².